The van der Waals surface area contributed by atoms with Crippen LogP contribution in [0.4, 0.5) is 0 Å². The van der Waals surface area contributed by atoms with Gasteiger partial charge in [-0.15, -0.1) is 0 Å². The number of piperazine rings is 1. The summed E-state index contributed by atoms with van der Waals surface area (Å²) in [6.07, 6.45) is 3.52. The van der Waals surface area contributed by atoms with Gasteiger partial charge in [0.25, 0.3) is 5.91 Å². The predicted molar refractivity (Wildman–Crippen MR) is 103 cm³/mol. The van der Waals surface area contributed by atoms with Crippen LogP contribution in [-0.4, -0.2) is 54.5 Å². The minimum atomic E-state index is 0.111. The zero-order valence-electron chi connectivity index (χ0n) is 15.3. The number of amides is 1. The smallest absolute Gasteiger partial charge is 0.254 e. The number of benzene rings is 2. The first-order valence-electron chi connectivity index (χ1n) is 9.47. The predicted octanol–water partition coefficient (Wildman–Crippen LogP) is 3.23. The summed E-state index contributed by atoms with van der Waals surface area (Å²) in [5.41, 5.74) is 2.00. The van der Waals surface area contributed by atoms with Crippen molar-refractivity contribution in [2.45, 2.75) is 31.3 Å². The van der Waals surface area contributed by atoms with E-state index in [0.717, 1.165) is 37.8 Å². The maximum atomic E-state index is 13.2. The Morgan fingerprint density at radius 1 is 1.08 bits per heavy atom. The highest BCUT2D eigenvalue weighted by Crippen LogP contribution is 2.30. The highest BCUT2D eigenvalue weighted by molar-refractivity contribution is 5.95. The van der Waals surface area contributed by atoms with Gasteiger partial charge in [0.1, 0.15) is 5.75 Å². The molecule has 0 radical (unpaired) electrons. The molecule has 4 nitrogen and oxygen atoms in total. The van der Waals surface area contributed by atoms with Crippen molar-refractivity contribution in [1.29, 1.82) is 0 Å². The van der Waals surface area contributed by atoms with E-state index in [4.69, 9.17) is 4.74 Å². The molecular weight excluding hydrogens is 324 g/mol. The molecule has 0 bridgehead atoms. The van der Waals surface area contributed by atoms with Crippen molar-refractivity contribution in [3.05, 3.63) is 65.7 Å². The Morgan fingerprint density at radius 2 is 1.88 bits per heavy atom. The van der Waals surface area contributed by atoms with Crippen molar-refractivity contribution in [2.24, 2.45) is 0 Å². The highest BCUT2D eigenvalue weighted by Gasteiger charge is 2.37. The van der Waals surface area contributed by atoms with Gasteiger partial charge in [-0.3, -0.25) is 9.69 Å². The van der Waals surface area contributed by atoms with Gasteiger partial charge >= 0.3 is 0 Å². The molecule has 26 heavy (non-hydrogen) atoms. The minimum absolute atomic E-state index is 0.111. The molecule has 1 saturated heterocycles. The monoisotopic (exact) mass is 350 g/mol. The Hall–Kier alpha value is -2.33. The van der Waals surface area contributed by atoms with Gasteiger partial charge in [-0.05, 0) is 43.0 Å². The molecule has 4 heteroatoms. The van der Waals surface area contributed by atoms with Gasteiger partial charge in [0.05, 0.1) is 7.11 Å². The van der Waals surface area contributed by atoms with Gasteiger partial charge in [-0.2, -0.15) is 0 Å². The molecule has 1 aliphatic carbocycles. The van der Waals surface area contributed by atoms with Crippen molar-refractivity contribution in [2.75, 3.05) is 26.7 Å². The third-order valence-electron chi connectivity index (χ3n) is 5.47. The van der Waals surface area contributed by atoms with Crippen LogP contribution < -0.4 is 4.74 Å². The molecule has 0 aromatic heterocycles. The number of hydrogen-bond donors (Lipinski definition) is 0. The fourth-order valence-corrected chi connectivity index (χ4v) is 3.90. The molecule has 136 valence electrons. The average molecular weight is 350 g/mol. The normalized spacial score (nSPS) is 20.8. The summed E-state index contributed by atoms with van der Waals surface area (Å²) in [6.45, 7) is 2.74. The lowest BCUT2D eigenvalue weighted by Gasteiger charge is -2.42. The summed E-state index contributed by atoms with van der Waals surface area (Å²) in [5.74, 6) is 0.840. The van der Waals surface area contributed by atoms with E-state index in [1.807, 2.05) is 30.3 Å². The first-order valence-corrected chi connectivity index (χ1v) is 9.47. The Bertz CT molecular complexity index is 758. The molecule has 2 aliphatic rings. The first kappa shape index (κ1) is 17.1. The van der Waals surface area contributed by atoms with Gasteiger partial charge in [0.15, 0.2) is 0 Å². The average Bonchev–Trinajstić information content (AvgIpc) is 3.54. The second-order valence-electron chi connectivity index (χ2n) is 7.30. The number of hydrogen-bond acceptors (Lipinski definition) is 3. The Kier molecular flexibility index (Phi) is 4.93. The Morgan fingerprint density at radius 3 is 2.62 bits per heavy atom. The van der Waals surface area contributed by atoms with Crippen molar-refractivity contribution >= 4 is 5.91 Å². The number of nitrogens with zero attached hydrogens (tertiary/aromatic N) is 2. The molecule has 4 rings (SSSR count). The number of methoxy groups -OCH3 is 1. The number of rotatable bonds is 5. The summed E-state index contributed by atoms with van der Waals surface area (Å²) in [4.78, 5) is 17.9. The summed E-state index contributed by atoms with van der Waals surface area (Å²) in [7, 11) is 1.64. The molecular formula is C22H26N2O2. The molecule has 1 unspecified atom stereocenters. The van der Waals surface area contributed by atoms with Crippen molar-refractivity contribution in [3.8, 4) is 5.75 Å². The van der Waals surface area contributed by atoms with E-state index in [2.05, 4.69) is 34.1 Å². The molecule has 2 aromatic carbocycles. The van der Waals surface area contributed by atoms with Gasteiger partial charge in [-0.25, -0.2) is 0 Å². The molecule has 0 spiro atoms. The number of carbonyl (C=O) groups is 1. The van der Waals surface area contributed by atoms with Crippen molar-refractivity contribution in [1.82, 2.24) is 9.80 Å². The van der Waals surface area contributed by atoms with Gasteiger partial charge in [-0.1, -0.05) is 36.4 Å². The fraction of sp³-hybridized carbons (Fsp3) is 0.409. The molecule has 1 amide bonds. The molecule has 1 aliphatic heterocycles. The van der Waals surface area contributed by atoms with Crippen LogP contribution in [0.15, 0.2) is 54.6 Å². The van der Waals surface area contributed by atoms with Crippen molar-refractivity contribution in [3.63, 3.8) is 0 Å². The summed E-state index contributed by atoms with van der Waals surface area (Å²) < 4.78 is 5.29. The topological polar surface area (TPSA) is 32.8 Å². The third kappa shape index (κ3) is 3.75. The minimum Gasteiger partial charge on any atom is -0.497 e. The van der Waals surface area contributed by atoms with Gasteiger partial charge in [0.2, 0.25) is 0 Å². The second-order valence-corrected chi connectivity index (χ2v) is 7.30. The van der Waals surface area contributed by atoms with Gasteiger partial charge in [0, 0.05) is 37.3 Å². The van der Waals surface area contributed by atoms with Crippen LogP contribution in [0.5, 0.6) is 5.75 Å². The molecule has 2 fully saturated rings. The first-order chi connectivity index (χ1) is 12.7. The second kappa shape index (κ2) is 7.50. The van der Waals surface area contributed by atoms with Crippen LogP contribution in [0.3, 0.4) is 0 Å². The van der Waals surface area contributed by atoms with Crippen molar-refractivity contribution < 1.29 is 9.53 Å². The van der Waals surface area contributed by atoms with E-state index >= 15 is 0 Å². The number of ether oxygens (including phenoxy) is 1. The van der Waals surface area contributed by atoms with E-state index in [1.165, 1.54) is 18.4 Å². The fourth-order valence-electron chi connectivity index (χ4n) is 3.90. The standard InChI is InChI=1S/C22H26N2O2/c1-26-21-9-5-8-18(15-21)22(25)24-13-12-23(19-10-11-19)16-20(24)14-17-6-3-2-4-7-17/h2-9,15,19-20H,10-14,16H2,1H3. The SMILES string of the molecule is COc1cccc(C(=O)N2CCN(C3CC3)CC2Cc2ccccc2)c1. The maximum Gasteiger partial charge on any atom is 0.254 e. The van der Waals surface area contributed by atoms with Crippen LogP contribution in [0.25, 0.3) is 0 Å². The van der Waals surface area contributed by atoms with Crippen LogP contribution in [0, 0.1) is 0 Å². The van der Waals surface area contributed by atoms with Crippen LogP contribution in [-0.2, 0) is 6.42 Å². The zero-order valence-corrected chi connectivity index (χ0v) is 15.3. The summed E-state index contributed by atoms with van der Waals surface area (Å²) in [5, 5.41) is 0. The lowest BCUT2D eigenvalue weighted by Crippen LogP contribution is -2.56. The molecule has 1 heterocycles. The number of carbonyl (C=O) groups excluding carboxylic acids is 1. The largest absolute Gasteiger partial charge is 0.497 e. The quantitative estimate of drug-likeness (QED) is 0.830. The summed E-state index contributed by atoms with van der Waals surface area (Å²) in [6, 6.07) is 19.0. The maximum absolute atomic E-state index is 13.2. The summed E-state index contributed by atoms with van der Waals surface area (Å²) >= 11 is 0. The van der Waals surface area contributed by atoms with E-state index in [9.17, 15) is 4.79 Å². The Balaban J connectivity index is 1.55. The molecule has 2 aromatic rings. The van der Waals surface area contributed by atoms with Crippen LogP contribution in [0.2, 0.25) is 0 Å². The lowest BCUT2D eigenvalue weighted by molar-refractivity contribution is 0.0437. The van der Waals surface area contributed by atoms with E-state index in [-0.39, 0.29) is 11.9 Å². The van der Waals surface area contributed by atoms with E-state index in [0.29, 0.717) is 5.56 Å². The lowest BCUT2D eigenvalue weighted by atomic mass is 10.0. The Labute approximate surface area is 155 Å². The third-order valence-corrected chi connectivity index (χ3v) is 5.47. The van der Waals surface area contributed by atoms with E-state index in [1.54, 1.807) is 7.11 Å². The molecule has 1 atom stereocenters. The van der Waals surface area contributed by atoms with E-state index < -0.39 is 0 Å². The van der Waals surface area contributed by atoms with Crippen LogP contribution in [0.1, 0.15) is 28.8 Å². The van der Waals surface area contributed by atoms with Crippen LogP contribution >= 0.6 is 0 Å². The highest BCUT2D eigenvalue weighted by atomic mass is 16.5. The molecule has 1 saturated carbocycles. The van der Waals surface area contributed by atoms with Gasteiger partial charge < -0.3 is 9.64 Å². The molecule has 0 N–H and O–H groups in total. The zero-order chi connectivity index (χ0) is 17.9.